The first-order valence-electron chi connectivity index (χ1n) is 16.1. The third kappa shape index (κ3) is 3.91. The van der Waals surface area contributed by atoms with Crippen molar-refractivity contribution in [1.82, 2.24) is 0 Å². The predicted molar refractivity (Wildman–Crippen MR) is 152 cm³/mol. The molecule has 1 aromatic carbocycles. The fourth-order valence-electron chi connectivity index (χ4n) is 11.2. The van der Waals surface area contributed by atoms with Gasteiger partial charge >= 0.3 is 5.97 Å². The van der Waals surface area contributed by atoms with E-state index in [2.05, 4.69) is 27.7 Å². The van der Waals surface area contributed by atoms with Crippen molar-refractivity contribution in [2.75, 3.05) is 6.61 Å². The molecule has 7 nitrogen and oxygen atoms in total. The summed E-state index contributed by atoms with van der Waals surface area (Å²) in [5.41, 5.74) is -1.58. The van der Waals surface area contributed by atoms with Crippen molar-refractivity contribution in [3.8, 4) is 0 Å². The largest absolute Gasteiger partial charge is 0.456 e. The van der Waals surface area contributed by atoms with Gasteiger partial charge in [0.1, 0.15) is 6.10 Å². The van der Waals surface area contributed by atoms with Crippen LogP contribution in [0.1, 0.15) is 89.4 Å². The number of aliphatic hydroxyl groups excluding tert-OH is 2. The Bertz CT molecular complexity index is 1160. The number of esters is 1. The maximum absolute atomic E-state index is 13.0. The van der Waals surface area contributed by atoms with Crippen LogP contribution >= 0.6 is 0 Å². The Labute approximate surface area is 243 Å². The molecule has 2 saturated heterocycles. The standard InChI is InChI=1S/C34H48O7/c1-19-10-13-34(39-18-19)20(2)29-26(41-34)15-24-22-14-28(36)33(38)16-25(35)27(40-30(37)21-8-6-5-7-9-21)17-32(33,4)23(22)11-12-31(24,29)3/h5-9,19-20,22-29,35-36,38H,10-18H2,1-4H3. The topological polar surface area (TPSA) is 105 Å². The molecule has 226 valence electrons. The summed E-state index contributed by atoms with van der Waals surface area (Å²) >= 11 is 0. The van der Waals surface area contributed by atoms with E-state index >= 15 is 0 Å². The molecule has 2 heterocycles. The van der Waals surface area contributed by atoms with E-state index in [1.165, 1.54) is 0 Å². The fraction of sp³-hybridized carbons (Fsp3) is 0.794. The molecule has 2 aliphatic heterocycles. The lowest BCUT2D eigenvalue weighted by atomic mass is 9.42. The summed E-state index contributed by atoms with van der Waals surface area (Å²) in [6.45, 7) is 9.88. The number of aliphatic hydroxyl groups is 3. The van der Waals surface area contributed by atoms with E-state index in [9.17, 15) is 20.1 Å². The molecule has 1 aromatic rings. The van der Waals surface area contributed by atoms with E-state index in [0.29, 0.717) is 42.1 Å². The van der Waals surface area contributed by atoms with Gasteiger partial charge in [0, 0.05) is 24.2 Å². The molecule has 0 radical (unpaired) electrons. The van der Waals surface area contributed by atoms with E-state index in [1.807, 2.05) is 6.07 Å². The Morgan fingerprint density at radius 1 is 1.00 bits per heavy atom. The van der Waals surface area contributed by atoms with Crippen molar-refractivity contribution in [3.63, 3.8) is 0 Å². The quantitative estimate of drug-likeness (QED) is 0.444. The van der Waals surface area contributed by atoms with E-state index in [1.54, 1.807) is 24.3 Å². The summed E-state index contributed by atoms with van der Waals surface area (Å²) in [5.74, 6) is 1.17. The number of fused-ring (bicyclic) bond motifs is 7. The first-order valence-corrected chi connectivity index (χ1v) is 16.1. The summed E-state index contributed by atoms with van der Waals surface area (Å²) in [7, 11) is 0. The third-order valence-electron chi connectivity index (χ3n) is 13.4. The zero-order valence-corrected chi connectivity index (χ0v) is 25.0. The summed E-state index contributed by atoms with van der Waals surface area (Å²) < 4.78 is 19.2. The number of benzene rings is 1. The zero-order chi connectivity index (χ0) is 28.9. The average Bonchev–Trinajstić information content (AvgIpc) is 3.39. The lowest BCUT2D eigenvalue weighted by Crippen LogP contribution is -2.71. The molecule has 4 saturated carbocycles. The van der Waals surface area contributed by atoms with Crippen LogP contribution in [0, 0.1) is 46.3 Å². The van der Waals surface area contributed by atoms with Crippen LogP contribution in [0.2, 0.25) is 0 Å². The highest BCUT2D eigenvalue weighted by molar-refractivity contribution is 5.89. The number of hydrogen-bond acceptors (Lipinski definition) is 7. The molecular weight excluding hydrogens is 520 g/mol. The minimum atomic E-state index is -1.42. The fourth-order valence-corrected chi connectivity index (χ4v) is 11.2. The number of carbonyl (C=O) groups excluding carboxylic acids is 1. The number of carbonyl (C=O) groups is 1. The molecule has 4 aliphatic carbocycles. The summed E-state index contributed by atoms with van der Waals surface area (Å²) in [4.78, 5) is 13.0. The van der Waals surface area contributed by atoms with Gasteiger partial charge in [-0.2, -0.15) is 0 Å². The summed E-state index contributed by atoms with van der Waals surface area (Å²) in [6.07, 6.45) is 3.37. The Balaban J connectivity index is 1.15. The normalized spacial score (nSPS) is 54.1. The molecule has 1 spiro atoms. The maximum atomic E-state index is 13.0. The van der Waals surface area contributed by atoms with Crippen LogP contribution in [0.5, 0.6) is 0 Å². The van der Waals surface area contributed by atoms with Crippen LogP contribution in [0.25, 0.3) is 0 Å². The molecule has 6 fully saturated rings. The Morgan fingerprint density at radius 2 is 1.76 bits per heavy atom. The second-order valence-corrected chi connectivity index (χ2v) is 15.3. The van der Waals surface area contributed by atoms with Gasteiger partial charge in [0.2, 0.25) is 0 Å². The second-order valence-electron chi connectivity index (χ2n) is 15.3. The van der Waals surface area contributed by atoms with Gasteiger partial charge < -0.3 is 29.5 Å². The Kier molecular flexibility index (Phi) is 6.55. The molecule has 14 unspecified atom stereocenters. The van der Waals surface area contributed by atoms with Crippen LogP contribution in [0.3, 0.4) is 0 Å². The van der Waals surface area contributed by atoms with E-state index in [4.69, 9.17) is 14.2 Å². The van der Waals surface area contributed by atoms with Gasteiger partial charge in [-0.05, 0) is 85.7 Å². The van der Waals surface area contributed by atoms with Crippen molar-refractivity contribution < 1.29 is 34.3 Å². The van der Waals surface area contributed by atoms with Gasteiger partial charge in [-0.1, -0.05) is 45.9 Å². The van der Waals surface area contributed by atoms with Crippen molar-refractivity contribution in [1.29, 1.82) is 0 Å². The first kappa shape index (κ1) is 28.3. The van der Waals surface area contributed by atoms with Crippen LogP contribution in [0.4, 0.5) is 0 Å². The highest BCUT2D eigenvalue weighted by Gasteiger charge is 2.72. The minimum absolute atomic E-state index is 0.00618. The first-order chi connectivity index (χ1) is 19.4. The van der Waals surface area contributed by atoms with Gasteiger partial charge in [-0.15, -0.1) is 0 Å². The Hall–Kier alpha value is -1.51. The number of hydrogen-bond donors (Lipinski definition) is 3. The van der Waals surface area contributed by atoms with E-state index in [-0.39, 0.29) is 29.8 Å². The molecular formula is C34H48O7. The number of rotatable bonds is 2. The Morgan fingerprint density at radius 3 is 2.46 bits per heavy atom. The van der Waals surface area contributed by atoms with Crippen LogP contribution in [-0.4, -0.2) is 63.7 Å². The van der Waals surface area contributed by atoms with Gasteiger partial charge in [-0.3, -0.25) is 0 Å². The van der Waals surface area contributed by atoms with Gasteiger partial charge in [0.05, 0.1) is 36.1 Å². The average molecular weight is 569 g/mol. The molecule has 3 N–H and O–H groups in total. The summed E-state index contributed by atoms with van der Waals surface area (Å²) in [5, 5.41) is 34.8. The third-order valence-corrected chi connectivity index (χ3v) is 13.4. The highest BCUT2D eigenvalue weighted by atomic mass is 16.7. The second kappa shape index (κ2) is 9.49. The molecule has 0 aromatic heterocycles. The van der Waals surface area contributed by atoms with Crippen LogP contribution in [0.15, 0.2) is 30.3 Å². The lowest BCUT2D eigenvalue weighted by molar-refractivity contribution is -0.286. The molecule has 0 bridgehead atoms. The van der Waals surface area contributed by atoms with E-state index < -0.39 is 41.1 Å². The molecule has 7 rings (SSSR count). The summed E-state index contributed by atoms with van der Waals surface area (Å²) in [6, 6.07) is 8.85. The lowest BCUT2D eigenvalue weighted by Gasteiger charge is -2.66. The van der Waals surface area contributed by atoms with Gasteiger partial charge in [0.25, 0.3) is 0 Å². The monoisotopic (exact) mass is 568 g/mol. The maximum Gasteiger partial charge on any atom is 0.338 e. The zero-order valence-electron chi connectivity index (χ0n) is 25.0. The molecule has 41 heavy (non-hydrogen) atoms. The minimum Gasteiger partial charge on any atom is -0.456 e. The van der Waals surface area contributed by atoms with Crippen molar-refractivity contribution in [2.24, 2.45) is 46.3 Å². The van der Waals surface area contributed by atoms with Gasteiger partial charge in [0.15, 0.2) is 5.79 Å². The van der Waals surface area contributed by atoms with E-state index in [0.717, 1.165) is 38.7 Å². The smallest absolute Gasteiger partial charge is 0.338 e. The van der Waals surface area contributed by atoms with Crippen molar-refractivity contribution >= 4 is 5.97 Å². The number of ether oxygens (including phenoxy) is 3. The van der Waals surface area contributed by atoms with Crippen molar-refractivity contribution in [2.45, 2.75) is 115 Å². The van der Waals surface area contributed by atoms with Crippen LogP contribution < -0.4 is 0 Å². The van der Waals surface area contributed by atoms with Gasteiger partial charge in [-0.25, -0.2) is 4.79 Å². The predicted octanol–water partition coefficient (Wildman–Crippen LogP) is 4.72. The SMILES string of the molecule is CC1CCC2(OC1)OC1CC3C4CC(O)C5(O)CC(O)C(OC(=O)c6ccccc6)CC5(C)C4CCC3(C)C1C2C. The highest BCUT2D eigenvalue weighted by Crippen LogP contribution is 2.72. The molecule has 6 aliphatic rings. The molecule has 7 heteroatoms. The molecule has 14 atom stereocenters. The van der Waals surface area contributed by atoms with Crippen LogP contribution in [-0.2, 0) is 14.2 Å². The molecule has 0 amide bonds. The van der Waals surface area contributed by atoms with Crippen molar-refractivity contribution in [3.05, 3.63) is 35.9 Å².